The number of carbonyl (C=O) groups is 1. The molecule has 6 heteroatoms. The van der Waals surface area contributed by atoms with Crippen molar-refractivity contribution in [3.05, 3.63) is 22.2 Å². The number of alkyl halides is 3. The number of allylic oxidation sites excluding steroid dienone is 2. The first-order chi connectivity index (χ1) is 6.98. The second-order valence-corrected chi connectivity index (χ2v) is 4.14. The van der Waals surface area contributed by atoms with Crippen molar-refractivity contribution in [2.75, 3.05) is 0 Å². The predicted molar refractivity (Wildman–Crippen MR) is 49.3 cm³/mol. The van der Waals surface area contributed by atoms with Gasteiger partial charge in [-0.2, -0.15) is 13.2 Å². The lowest BCUT2D eigenvalue weighted by atomic mass is 10.2. The third-order valence-electron chi connectivity index (χ3n) is 2.03. The highest BCUT2D eigenvalue weighted by Gasteiger charge is 2.35. The summed E-state index contributed by atoms with van der Waals surface area (Å²) in [5.41, 5.74) is 0.378. The van der Waals surface area contributed by atoms with Crippen molar-refractivity contribution in [3.8, 4) is 0 Å². The first kappa shape index (κ1) is 10.4. The van der Waals surface area contributed by atoms with Crippen LogP contribution in [0.4, 0.5) is 13.2 Å². The number of halogens is 3. The van der Waals surface area contributed by atoms with Crippen LogP contribution in [0.3, 0.4) is 0 Å². The minimum Gasteiger partial charge on any atom is -0.294 e. The molecule has 0 saturated heterocycles. The van der Waals surface area contributed by atoms with Gasteiger partial charge in [0, 0.05) is 18.2 Å². The van der Waals surface area contributed by atoms with Gasteiger partial charge in [-0.15, -0.1) is 11.3 Å². The molecule has 0 unspecified atom stereocenters. The minimum atomic E-state index is -4.43. The normalized spacial score (nSPS) is 17.0. The summed E-state index contributed by atoms with van der Waals surface area (Å²) in [6.07, 6.45) is -0.661. The van der Waals surface area contributed by atoms with Crippen LogP contribution in [0.25, 0.3) is 5.57 Å². The summed E-state index contributed by atoms with van der Waals surface area (Å²) in [6.45, 7) is 0. The van der Waals surface area contributed by atoms with Crippen LogP contribution >= 0.6 is 11.3 Å². The maximum Gasteiger partial charge on any atom is 0.443 e. The van der Waals surface area contributed by atoms with Crippen LogP contribution in [0.2, 0.25) is 0 Å². The molecule has 0 atom stereocenters. The Kier molecular flexibility index (Phi) is 2.38. The lowest BCUT2D eigenvalue weighted by Gasteiger charge is -1.99. The molecular weight excluding hydrogens is 227 g/mol. The van der Waals surface area contributed by atoms with E-state index in [1.807, 2.05) is 0 Å². The Labute approximate surface area is 87.4 Å². The molecule has 1 aromatic heterocycles. The number of aromatic nitrogens is 1. The number of carbonyl (C=O) groups excluding carboxylic acids is 1. The summed E-state index contributed by atoms with van der Waals surface area (Å²) in [4.78, 5) is 14.8. The van der Waals surface area contributed by atoms with Crippen molar-refractivity contribution in [2.24, 2.45) is 0 Å². The summed E-state index contributed by atoms with van der Waals surface area (Å²) in [5, 5.41) is -0.905. The first-order valence-corrected chi connectivity index (χ1v) is 5.07. The molecule has 1 aromatic rings. The topological polar surface area (TPSA) is 30.0 Å². The lowest BCUT2D eigenvalue weighted by Crippen LogP contribution is -2.02. The van der Waals surface area contributed by atoms with E-state index in [0.717, 1.165) is 6.20 Å². The maximum absolute atomic E-state index is 12.2. The van der Waals surface area contributed by atoms with E-state index in [-0.39, 0.29) is 5.78 Å². The Morgan fingerprint density at radius 2 is 2.13 bits per heavy atom. The van der Waals surface area contributed by atoms with Crippen molar-refractivity contribution in [3.63, 3.8) is 0 Å². The fourth-order valence-corrected chi connectivity index (χ4v) is 2.21. The fourth-order valence-electron chi connectivity index (χ4n) is 1.36. The Morgan fingerprint density at radius 1 is 1.40 bits per heavy atom. The monoisotopic (exact) mass is 233 g/mol. The quantitative estimate of drug-likeness (QED) is 0.746. The number of ketones is 1. The Balaban J connectivity index is 2.32. The van der Waals surface area contributed by atoms with E-state index in [2.05, 4.69) is 4.98 Å². The highest BCUT2D eigenvalue weighted by atomic mass is 32.1. The average molecular weight is 233 g/mol. The Bertz CT molecular complexity index is 433. The van der Waals surface area contributed by atoms with Crippen LogP contribution < -0.4 is 0 Å². The van der Waals surface area contributed by atoms with E-state index in [0.29, 0.717) is 34.6 Å². The largest absolute Gasteiger partial charge is 0.443 e. The molecule has 0 radical (unpaired) electrons. The van der Waals surface area contributed by atoms with Crippen molar-refractivity contribution in [2.45, 2.75) is 19.0 Å². The second-order valence-electron chi connectivity index (χ2n) is 3.11. The van der Waals surface area contributed by atoms with Crippen molar-refractivity contribution in [1.82, 2.24) is 4.98 Å². The number of nitrogens with zero attached hydrogens (tertiary/aromatic N) is 1. The van der Waals surface area contributed by atoms with Gasteiger partial charge in [0.1, 0.15) is 0 Å². The molecule has 0 aliphatic heterocycles. The standard InChI is InChI=1S/C9H6F3NOS/c10-9(11,12)8-13-4-7(15-8)5-2-1-3-6(5)14/h2,4H,1,3H2. The maximum atomic E-state index is 12.2. The zero-order valence-corrected chi connectivity index (χ0v) is 8.28. The van der Waals surface area contributed by atoms with E-state index in [1.54, 1.807) is 6.08 Å². The van der Waals surface area contributed by atoms with Gasteiger partial charge < -0.3 is 0 Å². The van der Waals surface area contributed by atoms with E-state index >= 15 is 0 Å². The average Bonchev–Trinajstić information content (AvgIpc) is 2.69. The van der Waals surface area contributed by atoms with Crippen LogP contribution in [0.1, 0.15) is 22.7 Å². The first-order valence-electron chi connectivity index (χ1n) is 4.25. The van der Waals surface area contributed by atoms with E-state index in [9.17, 15) is 18.0 Å². The van der Waals surface area contributed by atoms with Gasteiger partial charge in [0.05, 0.1) is 4.88 Å². The second kappa shape index (κ2) is 3.44. The van der Waals surface area contributed by atoms with Gasteiger partial charge >= 0.3 is 6.18 Å². The van der Waals surface area contributed by atoms with Crippen molar-refractivity contribution < 1.29 is 18.0 Å². The van der Waals surface area contributed by atoms with Crippen LogP contribution in [-0.4, -0.2) is 10.8 Å². The molecule has 0 bridgehead atoms. The van der Waals surface area contributed by atoms with Gasteiger partial charge in [-0.25, -0.2) is 4.98 Å². The number of hydrogen-bond acceptors (Lipinski definition) is 3. The lowest BCUT2D eigenvalue weighted by molar-refractivity contribution is -0.137. The summed E-state index contributed by atoms with van der Waals surface area (Å²) in [6, 6.07) is 0. The molecule has 15 heavy (non-hydrogen) atoms. The SMILES string of the molecule is O=C1CCC=C1c1cnc(C(F)(F)F)s1. The van der Waals surface area contributed by atoms with Crippen molar-refractivity contribution in [1.29, 1.82) is 0 Å². The molecule has 1 heterocycles. The third kappa shape index (κ3) is 1.94. The smallest absolute Gasteiger partial charge is 0.294 e. The van der Waals surface area contributed by atoms with Gasteiger partial charge in [0.2, 0.25) is 0 Å². The number of thiazole rings is 1. The van der Waals surface area contributed by atoms with Gasteiger partial charge in [-0.1, -0.05) is 6.08 Å². The van der Waals surface area contributed by atoms with Crippen LogP contribution in [0, 0.1) is 0 Å². The molecule has 0 N–H and O–H groups in total. The predicted octanol–water partition coefficient (Wildman–Crippen LogP) is 2.91. The van der Waals surface area contributed by atoms with E-state index in [1.165, 1.54) is 0 Å². The van der Waals surface area contributed by atoms with Gasteiger partial charge in [0.15, 0.2) is 10.8 Å². The molecule has 2 nitrogen and oxygen atoms in total. The third-order valence-corrected chi connectivity index (χ3v) is 3.11. The molecule has 0 saturated carbocycles. The summed E-state index contributed by atoms with van der Waals surface area (Å²) in [7, 11) is 0. The zero-order chi connectivity index (χ0) is 11.1. The van der Waals surface area contributed by atoms with E-state index < -0.39 is 11.2 Å². The number of rotatable bonds is 1. The molecule has 0 spiro atoms. The van der Waals surface area contributed by atoms with Gasteiger partial charge in [-0.05, 0) is 6.42 Å². The van der Waals surface area contributed by atoms with Crippen molar-refractivity contribution >= 4 is 22.7 Å². The highest BCUT2D eigenvalue weighted by Crippen LogP contribution is 2.36. The molecule has 0 amide bonds. The molecule has 1 aliphatic carbocycles. The Hall–Kier alpha value is -1.17. The Morgan fingerprint density at radius 3 is 2.60 bits per heavy atom. The molecular formula is C9H6F3NOS. The van der Waals surface area contributed by atoms with Crippen LogP contribution in [-0.2, 0) is 11.0 Å². The molecule has 80 valence electrons. The zero-order valence-electron chi connectivity index (χ0n) is 7.47. The summed E-state index contributed by atoms with van der Waals surface area (Å²) >= 11 is 0.516. The molecule has 1 aliphatic rings. The van der Waals surface area contributed by atoms with Gasteiger partial charge in [0.25, 0.3) is 0 Å². The minimum absolute atomic E-state index is 0.104. The molecule has 0 aromatic carbocycles. The number of Topliss-reactive ketones (excluding diaryl/α,β-unsaturated/α-hetero) is 1. The van der Waals surface area contributed by atoms with Crippen LogP contribution in [0.5, 0.6) is 0 Å². The summed E-state index contributed by atoms with van der Waals surface area (Å²) in [5.74, 6) is -0.104. The fraction of sp³-hybridized carbons (Fsp3) is 0.333. The van der Waals surface area contributed by atoms with Gasteiger partial charge in [-0.3, -0.25) is 4.79 Å². The van der Waals surface area contributed by atoms with E-state index in [4.69, 9.17) is 0 Å². The highest BCUT2D eigenvalue weighted by molar-refractivity contribution is 7.13. The molecule has 0 fully saturated rings. The summed E-state index contributed by atoms with van der Waals surface area (Å²) < 4.78 is 36.7. The number of hydrogen-bond donors (Lipinski definition) is 0. The molecule has 2 rings (SSSR count). The van der Waals surface area contributed by atoms with Crippen LogP contribution in [0.15, 0.2) is 12.3 Å².